The van der Waals surface area contributed by atoms with Gasteiger partial charge in [-0.25, -0.2) is 0 Å². The molecular weight excluding hydrogens is 202 g/mol. The van der Waals surface area contributed by atoms with Crippen molar-refractivity contribution < 1.29 is 4.79 Å². The van der Waals surface area contributed by atoms with Crippen molar-refractivity contribution in [3.8, 4) is 0 Å². The van der Waals surface area contributed by atoms with Crippen molar-refractivity contribution in [3.05, 3.63) is 12.2 Å². The SMILES string of the molecule is CNC(=O)C=CCN1CCN(C2CC2)CC1. The second-order valence-electron chi connectivity index (χ2n) is 4.58. The van der Waals surface area contributed by atoms with Gasteiger partial charge in [-0.2, -0.15) is 0 Å². The van der Waals surface area contributed by atoms with E-state index in [1.54, 1.807) is 13.1 Å². The molecule has 4 nitrogen and oxygen atoms in total. The number of amides is 1. The first-order valence-electron chi connectivity index (χ1n) is 6.14. The summed E-state index contributed by atoms with van der Waals surface area (Å²) >= 11 is 0. The molecule has 0 aromatic rings. The maximum absolute atomic E-state index is 11.0. The average molecular weight is 223 g/mol. The quantitative estimate of drug-likeness (QED) is 0.685. The van der Waals surface area contributed by atoms with E-state index in [9.17, 15) is 4.79 Å². The van der Waals surface area contributed by atoms with Crippen LogP contribution in [0.4, 0.5) is 0 Å². The highest BCUT2D eigenvalue weighted by atomic mass is 16.1. The van der Waals surface area contributed by atoms with Gasteiger partial charge in [0.05, 0.1) is 0 Å². The summed E-state index contributed by atoms with van der Waals surface area (Å²) in [4.78, 5) is 16.0. The summed E-state index contributed by atoms with van der Waals surface area (Å²) in [6.07, 6.45) is 6.37. The topological polar surface area (TPSA) is 35.6 Å². The number of piperazine rings is 1. The summed E-state index contributed by atoms with van der Waals surface area (Å²) in [6.45, 7) is 5.55. The fourth-order valence-corrected chi connectivity index (χ4v) is 2.14. The van der Waals surface area contributed by atoms with E-state index in [2.05, 4.69) is 15.1 Å². The van der Waals surface area contributed by atoms with Crippen molar-refractivity contribution in [1.82, 2.24) is 15.1 Å². The number of carbonyl (C=O) groups is 1. The third-order valence-corrected chi connectivity index (χ3v) is 3.35. The molecule has 0 spiro atoms. The monoisotopic (exact) mass is 223 g/mol. The van der Waals surface area contributed by atoms with Crippen LogP contribution in [-0.4, -0.2) is 61.5 Å². The lowest BCUT2D eigenvalue weighted by molar-refractivity contribution is -0.116. The normalized spacial score (nSPS) is 23.8. The van der Waals surface area contributed by atoms with Crippen LogP contribution in [0.15, 0.2) is 12.2 Å². The zero-order chi connectivity index (χ0) is 11.4. The van der Waals surface area contributed by atoms with Crippen LogP contribution >= 0.6 is 0 Å². The van der Waals surface area contributed by atoms with Crippen LogP contribution in [0.2, 0.25) is 0 Å². The number of carbonyl (C=O) groups excluding carboxylic acids is 1. The van der Waals surface area contributed by atoms with Gasteiger partial charge in [0.2, 0.25) is 5.91 Å². The molecule has 2 fully saturated rings. The number of rotatable bonds is 4. The Balaban J connectivity index is 1.64. The second-order valence-corrected chi connectivity index (χ2v) is 4.58. The predicted octanol–water partition coefficient (Wildman–Crippen LogP) is 0.0686. The van der Waals surface area contributed by atoms with Crippen LogP contribution in [0.5, 0.6) is 0 Å². The molecule has 1 saturated carbocycles. The Bertz CT molecular complexity index is 265. The van der Waals surface area contributed by atoms with Crippen molar-refractivity contribution in [1.29, 1.82) is 0 Å². The summed E-state index contributed by atoms with van der Waals surface area (Å²) in [5.41, 5.74) is 0. The van der Waals surface area contributed by atoms with Gasteiger partial charge in [0.15, 0.2) is 0 Å². The molecule has 1 aliphatic carbocycles. The van der Waals surface area contributed by atoms with Crippen molar-refractivity contribution in [2.75, 3.05) is 39.8 Å². The zero-order valence-electron chi connectivity index (χ0n) is 9.98. The summed E-state index contributed by atoms with van der Waals surface area (Å²) in [5.74, 6) is -0.0170. The van der Waals surface area contributed by atoms with Crippen LogP contribution in [0, 0.1) is 0 Å². The third-order valence-electron chi connectivity index (χ3n) is 3.35. The number of likely N-dealkylation sites (N-methyl/N-ethyl adjacent to an activating group) is 1. The first-order valence-corrected chi connectivity index (χ1v) is 6.14. The van der Waals surface area contributed by atoms with Gasteiger partial charge in [-0.3, -0.25) is 14.6 Å². The molecule has 2 aliphatic rings. The Morgan fingerprint density at radius 2 is 2.00 bits per heavy atom. The number of hydrogen-bond donors (Lipinski definition) is 1. The van der Waals surface area contributed by atoms with E-state index in [1.807, 2.05) is 6.08 Å². The Morgan fingerprint density at radius 1 is 1.31 bits per heavy atom. The highest BCUT2D eigenvalue weighted by Gasteiger charge is 2.30. The van der Waals surface area contributed by atoms with E-state index in [1.165, 1.54) is 25.9 Å². The lowest BCUT2D eigenvalue weighted by Gasteiger charge is -2.34. The molecule has 1 saturated heterocycles. The number of hydrogen-bond acceptors (Lipinski definition) is 3. The van der Waals surface area contributed by atoms with Gasteiger partial charge in [-0.15, -0.1) is 0 Å². The number of nitrogens with zero attached hydrogens (tertiary/aromatic N) is 2. The molecule has 1 N–H and O–H groups in total. The van der Waals surface area contributed by atoms with Crippen molar-refractivity contribution in [2.45, 2.75) is 18.9 Å². The fourth-order valence-electron chi connectivity index (χ4n) is 2.14. The molecule has 0 bridgehead atoms. The molecule has 90 valence electrons. The van der Waals surface area contributed by atoms with Gasteiger partial charge in [-0.1, -0.05) is 6.08 Å². The van der Waals surface area contributed by atoms with E-state index >= 15 is 0 Å². The van der Waals surface area contributed by atoms with E-state index in [-0.39, 0.29) is 5.91 Å². The highest BCUT2D eigenvalue weighted by molar-refractivity contribution is 5.87. The molecule has 2 rings (SSSR count). The molecule has 4 heteroatoms. The van der Waals surface area contributed by atoms with Crippen LogP contribution in [-0.2, 0) is 4.79 Å². The summed E-state index contributed by atoms with van der Waals surface area (Å²) in [5, 5.41) is 2.58. The lowest BCUT2D eigenvalue weighted by atomic mass is 10.3. The molecular formula is C12H21N3O. The fraction of sp³-hybridized carbons (Fsp3) is 0.750. The van der Waals surface area contributed by atoms with E-state index < -0.39 is 0 Å². The molecule has 0 atom stereocenters. The summed E-state index contributed by atoms with van der Waals surface area (Å²) in [6, 6.07) is 0.892. The Labute approximate surface area is 97.3 Å². The van der Waals surface area contributed by atoms with Gasteiger partial charge >= 0.3 is 0 Å². The minimum atomic E-state index is -0.0170. The molecule has 1 amide bonds. The summed E-state index contributed by atoms with van der Waals surface area (Å²) < 4.78 is 0. The number of nitrogens with one attached hydrogen (secondary N) is 1. The zero-order valence-corrected chi connectivity index (χ0v) is 9.98. The van der Waals surface area contributed by atoms with Crippen LogP contribution < -0.4 is 5.32 Å². The highest BCUT2D eigenvalue weighted by Crippen LogP contribution is 2.27. The maximum atomic E-state index is 11.0. The summed E-state index contributed by atoms with van der Waals surface area (Å²) in [7, 11) is 1.65. The molecule has 16 heavy (non-hydrogen) atoms. The molecule has 0 radical (unpaired) electrons. The van der Waals surface area contributed by atoms with Crippen molar-refractivity contribution in [3.63, 3.8) is 0 Å². The van der Waals surface area contributed by atoms with Gasteiger partial charge in [-0.05, 0) is 12.8 Å². The average Bonchev–Trinajstić information content (AvgIpc) is 3.14. The first kappa shape index (κ1) is 11.6. The smallest absolute Gasteiger partial charge is 0.243 e. The standard InChI is InChI=1S/C12H21N3O/c1-13-12(16)3-2-6-14-7-9-15(10-8-14)11-4-5-11/h2-3,11H,4-10H2,1H3,(H,13,16). The largest absolute Gasteiger partial charge is 0.356 e. The van der Waals surface area contributed by atoms with Crippen LogP contribution in [0.1, 0.15) is 12.8 Å². The van der Waals surface area contributed by atoms with Gasteiger partial charge in [0.25, 0.3) is 0 Å². The van der Waals surface area contributed by atoms with Crippen molar-refractivity contribution in [2.24, 2.45) is 0 Å². The van der Waals surface area contributed by atoms with E-state index in [0.29, 0.717) is 0 Å². The van der Waals surface area contributed by atoms with Crippen LogP contribution in [0.25, 0.3) is 0 Å². The lowest BCUT2D eigenvalue weighted by Crippen LogP contribution is -2.47. The predicted molar refractivity (Wildman–Crippen MR) is 64.2 cm³/mol. The molecule has 0 aromatic carbocycles. The van der Waals surface area contributed by atoms with Gasteiger partial charge in [0, 0.05) is 51.9 Å². The Kier molecular flexibility index (Phi) is 3.96. The van der Waals surface area contributed by atoms with E-state index in [0.717, 1.165) is 25.7 Å². The molecule has 0 aromatic heterocycles. The minimum absolute atomic E-state index is 0.0170. The third kappa shape index (κ3) is 3.32. The van der Waals surface area contributed by atoms with Crippen LogP contribution in [0.3, 0.4) is 0 Å². The van der Waals surface area contributed by atoms with Crippen molar-refractivity contribution >= 4 is 5.91 Å². The minimum Gasteiger partial charge on any atom is -0.356 e. The molecule has 0 unspecified atom stereocenters. The van der Waals surface area contributed by atoms with Gasteiger partial charge in [0.1, 0.15) is 0 Å². The first-order chi connectivity index (χ1) is 7.79. The maximum Gasteiger partial charge on any atom is 0.243 e. The Morgan fingerprint density at radius 3 is 2.56 bits per heavy atom. The Hall–Kier alpha value is -0.870. The van der Waals surface area contributed by atoms with Gasteiger partial charge < -0.3 is 5.32 Å². The molecule has 1 heterocycles. The van der Waals surface area contributed by atoms with E-state index in [4.69, 9.17) is 0 Å². The molecule has 1 aliphatic heterocycles. The second kappa shape index (κ2) is 5.46.